The summed E-state index contributed by atoms with van der Waals surface area (Å²) >= 11 is 0. The van der Waals surface area contributed by atoms with Crippen LogP contribution in [0.2, 0.25) is 0 Å². The van der Waals surface area contributed by atoms with Gasteiger partial charge in [0.1, 0.15) is 22.8 Å². The lowest BCUT2D eigenvalue weighted by Gasteiger charge is -2.18. The molecule has 11 heteroatoms. The van der Waals surface area contributed by atoms with Crippen molar-refractivity contribution < 1.29 is 27.5 Å². The number of nitrogens with two attached hydrogens (primary N) is 1. The average molecular weight is 469 g/mol. The molecule has 0 aliphatic rings. The fourth-order valence-electron chi connectivity index (χ4n) is 3.38. The maximum atomic E-state index is 12.8. The predicted molar refractivity (Wildman–Crippen MR) is 116 cm³/mol. The molecule has 4 aromatic rings. The van der Waals surface area contributed by atoms with Crippen LogP contribution < -0.4 is 10.5 Å². The van der Waals surface area contributed by atoms with E-state index < -0.39 is 24.5 Å². The van der Waals surface area contributed by atoms with Crippen LogP contribution in [0.15, 0.2) is 66.9 Å². The average Bonchev–Trinajstić information content (AvgIpc) is 3.20. The Hall–Kier alpha value is -4.41. The summed E-state index contributed by atoms with van der Waals surface area (Å²) in [5.74, 6) is -1.62. The van der Waals surface area contributed by atoms with Gasteiger partial charge in [0.05, 0.1) is 12.2 Å². The monoisotopic (exact) mass is 469 g/mol. The number of para-hydroxylation sites is 1. The van der Waals surface area contributed by atoms with Crippen molar-refractivity contribution in [2.75, 3.05) is 7.05 Å². The summed E-state index contributed by atoms with van der Waals surface area (Å²) in [6.45, 7) is -0.416. The molecule has 0 spiro atoms. The number of rotatable bonds is 6. The van der Waals surface area contributed by atoms with Crippen LogP contribution in [0, 0.1) is 0 Å². The lowest BCUT2D eigenvalue weighted by Crippen LogP contribution is -2.38. The van der Waals surface area contributed by atoms with Crippen LogP contribution in [0.25, 0.3) is 16.9 Å². The lowest BCUT2D eigenvalue weighted by atomic mass is 10.1. The molecule has 0 aliphatic heterocycles. The minimum absolute atomic E-state index is 0.00313. The molecule has 2 aromatic heterocycles. The van der Waals surface area contributed by atoms with Crippen LogP contribution in [-0.2, 0) is 11.3 Å². The van der Waals surface area contributed by atoms with Gasteiger partial charge in [-0.3, -0.25) is 9.59 Å². The van der Waals surface area contributed by atoms with E-state index in [2.05, 4.69) is 10.1 Å². The molecular weight excluding hydrogens is 451 g/mol. The van der Waals surface area contributed by atoms with E-state index in [1.54, 1.807) is 36.4 Å². The van der Waals surface area contributed by atoms with Crippen LogP contribution in [0.3, 0.4) is 0 Å². The third-order valence-electron chi connectivity index (χ3n) is 4.94. The highest BCUT2D eigenvalue weighted by molar-refractivity contribution is 6.04. The van der Waals surface area contributed by atoms with Crippen molar-refractivity contribution in [2.24, 2.45) is 5.73 Å². The van der Waals surface area contributed by atoms with E-state index in [1.165, 1.54) is 16.8 Å². The van der Waals surface area contributed by atoms with Crippen molar-refractivity contribution in [1.29, 1.82) is 0 Å². The van der Waals surface area contributed by atoms with Crippen LogP contribution in [0.4, 0.5) is 13.2 Å². The van der Waals surface area contributed by atoms with Crippen molar-refractivity contribution in [2.45, 2.75) is 12.7 Å². The highest BCUT2D eigenvalue weighted by Crippen LogP contribution is 2.29. The van der Waals surface area contributed by atoms with Gasteiger partial charge in [0, 0.05) is 18.8 Å². The number of amides is 2. The van der Waals surface area contributed by atoms with E-state index in [0.717, 1.165) is 7.05 Å². The molecule has 0 unspecified atom stereocenters. The Bertz CT molecular complexity index is 1350. The number of alkyl halides is 3. The molecule has 0 bridgehead atoms. The molecule has 0 saturated heterocycles. The summed E-state index contributed by atoms with van der Waals surface area (Å²) in [4.78, 5) is 28.4. The third-order valence-corrected chi connectivity index (χ3v) is 4.94. The second-order valence-electron chi connectivity index (χ2n) is 7.36. The van der Waals surface area contributed by atoms with Crippen molar-refractivity contribution in [3.63, 3.8) is 0 Å². The smallest absolute Gasteiger partial charge is 0.457 e. The van der Waals surface area contributed by atoms with Crippen LogP contribution >= 0.6 is 0 Å². The number of fused-ring (bicyclic) bond motifs is 1. The van der Waals surface area contributed by atoms with Gasteiger partial charge in [0.15, 0.2) is 5.65 Å². The zero-order valence-electron chi connectivity index (χ0n) is 17.8. The molecule has 174 valence electrons. The maximum Gasteiger partial charge on any atom is 0.471 e. The Kier molecular flexibility index (Phi) is 5.93. The first-order chi connectivity index (χ1) is 16.1. The first-order valence-corrected chi connectivity index (χ1v) is 9.97. The summed E-state index contributed by atoms with van der Waals surface area (Å²) in [6, 6.07) is 17.3. The number of hydrogen-bond acceptors (Lipinski definition) is 5. The molecule has 0 saturated carbocycles. The van der Waals surface area contributed by atoms with Crippen LogP contribution in [-0.4, -0.2) is 44.5 Å². The normalized spacial score (nSPS) is 11.4. The van der Waals surface area contributed by atoms with E-state index in [4.69, 9.17) is 10.5 Å². The number of benzene rings is 2. The fourth-order valence-corrected chi connectivity index (χ4v) is 3.38. The number of carbonyl (C=O) groups excluding carboxylic acids is 2. The Morgan fingerprint density at radius 1 is 1.03 bits per heavy atom. The standard InChI is InChI=1S/C23H18F3N5O3/c1-30(22(33)23(24,25)26)13-15-11-12-28-21-18(20(27)32)19(29-31(15)21)14-7-9-17(10-8-14)34-16-5-3-2-4-6-16/h2-12H,13H2,1H3,(H2,27,32). The van der Waals surface area contributed by atoms with Gasteiger partial charge in [-0.1, -0.05) is 18.2 Å². The highest BCUT2D eigenvalue weighted by Gasteiger charge is 2.41. The molecule has 2 heterocycles. The van der Waals surface area contributed by atoms with Gasteiger partial charge in [0.25, 0.3) is 5.91 Å². The number of aromatic nitrogens is 3. The molecular formula is C23H18F3N5O3. The van der Waals surface area contributed by atoms with Gasteiger partial charge in [-0.15, -0.1) is 0 Å². The van der Waals surface area contributed by atoms with Crippen LogP contribution in [0.1, 0.15) is 16.1 Å². The minimum atomic E-state index is -5.02. The van der Waals surface area contributed by atoms with Gasteiger partial charge < -0.3 is 15.4 Å². The SMILES string of the molecule is CN(Cc1ccnc2c(C(N)=O)c(-c3ccc(Oc4ccccc4)cc3)nn12)C(=O)C(F)(F)F. The van der Waals surface area contributed by atoms with E-state index >= 15 is 0 Å². The molecule has 8 nitrogen and oxygen atoms in total. The molecule has 2 aromatic carbocycles. The summed E-state index contributed by atoms with van der Waals surface area (Å²) < 4.78 is 45.3. The number of halogens is 3. The van der Waals surface area contributed by atoms with E-state index in [1.807, 2.05) is 18.2 Å². The van der Waals surface area contributed by atoms with Gasteiger partial charge in [-0.05, 0) is 42.5 Å². The number of carbonyl (C=O) groups is 2. The summed E-state index contributed by atoms with van der Waals surface area (Å²) in [5, 5.41) is 4.39. The highest BCUT2D eigenvalue weighted by atomic mass is 19.4. The molecule has 0 fully saturated rings. The number of ether oxygens (including phenoxy) is 1. The second-order valence-corrected chi connectivity index (χ2v) is 7.36. The van der Waals surface area contributed by atoms with Gasteiger partial charge >= 0.3 is 12.1 Å². The minimum Gasteiger partial charge on any atom is -0.457 e. The van der Waals surface area contributed by atoms with Gasteiger partial charge in [-0.25, -0.2) is 9.50 Å². The maximum absolute atomic E-state index is 12.8. The number of primary amides is 1. The topological polar surface area (TPSA) is 103 Å². The van der Waals surface area contributed by atoms with E-state index in [0.29, 0.717) is 22.0 Å². The van der Waals surface area contributed by atoms with Crippen molar-refractivity contribution >= 4 is 17.5 Å². The van der Waals surface area contributed by atoms with Gasteiger partial charge in [-0.2, -0.15) is 18.3 Å². The van der Waals surface area contributed by atoms with E-state index in [-0.39, 0.29) is 22.6 Å². The number of nitrogens with zero attached hydrogens (tertiary/aromatic N) is 4. The summed E-state index contributed by atoms with van der Waals surface area (Å²) in [7, 11) is 1.02. The van der Waals surface area contributed by atoms with Crippen molar-refractivity contribution in [1.82, 2.24) is 19.5 Å². The van der Waals surface area contributed by atoms with E-state index in [9.17, 15) is 22.8 Å². The van der Waals surface area contributed by atoms with Crippen LogP contribution in [0.5, 0.6) is 11.5 Å². The molecule has 0 radical (unpaired) electrons. The zero-order valence-corrected chi connectivity index (χ0v) is 17.8. The molecule has 0 aliphatic carbocycles. The first kappa shape index (κ1) is 22.8. The van der Waals surface area contributed by atoms with Crippen molar-refractivity contribution in [3.05, 3.63) is 78.1 Å². The largest absolute Gasteiger partial charge is 0.471 e. The summed E-state index contributed by atoms with van der Waals surface area (Å²) in [6.07, 6.45) is -3.70. The predicted octanol–water partition coefficient (Wildman–Crippen LogP) is 3.81. The Balaban J connectivity index is 1.71. The third kappa shape index (κ3) is 4.53. The summed E-state index contributed by atoms with van der Waals surface area (Å²) in [5.41, 5.74) is 6.58. The Labute approximate surface area is 191 Å². The zero-order chi connectivity index (χ0) is 24.5. The van der Waals surface area contributed by atoms with Gasteiger partial charge in [0.2, 0.25) is 0 Å². The molecule has 4 rings (SSSR count). The molecule has 2 amide bonds. The molecule has 2 N–H and O–H groups in total. The number of hydrogen-bond donors (Lipinski definition) is 1. The lowest BCUT2D eigenvalue weighted by molar-refractivity contribution is -0.184. The second kappa shape index (κ2) is 8.85. The molecule has 34 heavy (non-hydrogen) atoms. The quantitative estimate of drug-likeness (QED) is 0.463. The Morgan fingerprint density at radius 2 is 1.68 bits per heavy atom. The fraction of sp³-hybridized carbons (Fsp3) is 0.130. The first-order valence-electron chi connectivity index (χ1n) is 9.97. The molecule has 0 atom stereocenters. The van der Waals surface area contributed by atoms with Crippen molar-refractivity contribution in [3.8, 4) is 22.8 Å². The Morgan fingerprint density at radius 3 is 2.29 bits per heavy atom.